The van der Waals surface area contributed by atoms with Crippen molar-refractivity contribution in [2.45, 2.75) is 26.4 Å². The molecule has 0 atom stereocenters. The van der Waals surface area contributed by atoms with Crippen molar-refractivity contribution in [3.05, 3.63) is 35.5 Å². The van der Waals surface area contributed by atoms with Crippen LogP contribution in [0.15, 0.2) is 24.3 Å². The van der Waals surface area contributed by atoms with Crippen molar-refractivity contribution in [2.24, 2.45) is 7.05 Å². The first-order chi connectivity index (χ1) is 9.67. The van der Waals surface area contributed by atoms with Crippen LogP contribution >= 0.6 is 0 Å². The minimum atomic E-state index is 0.558. The molecule has 0 radical (unpaired) electrons. The number of methoxy groups -OCH3 is 1. The van der Waals surface area contributed by atoms with Gasteiger partial charge in [-0.1, -0.05) is 31.5 Å². The highest BCUT2D eigenvalue weighted by Crippen LogP contribution is 2.28. The third kappa shape index (κ3) is 2.93. The van der Waals surface area contributed by atoms with Gasteiger partial charge >= 0.3 is 0 Å². The van der Waals surface area contributed by atoms with Crippen molar-refractivity contribution in [2.75, 3.05) is 18.2 Å². The first-order valence-electron chi connectivity index (χ1n) is 6.82. The second-order valence-electron chi connectivity index (χ2n) is 4.80. The fourth-order valence-corrected chi connectivity index (χ4v) is 2.22. The van der Waals surface area contributed by atoms with Gasteiger partial charge in [0.1, 0.15) is 0 Å². The monoisotopic (exact) mass is 274 g/mol. The number of aryl methyl sites for hydroxylation is 2. The lowest BCUT2D eigenvalue weighted by atomic mass is 10.2. The predicted molar refractivity (Wildman–Crippen MR) is 82.1 cm³/mol. The normalized spacial score (nSPS) is 10.8. The Hall–Kier alpha value is -2.01. The minimum absolute atomic E-state index is 0.558. The number of rotatable bonds is 6. The van der Waals surface area contributed by atoms with Crippen molar-refractivity contribution in [1.82, 2.24) is 9.78 Å². The van der Waals surface area contributed by atoms with Crippen LogP contribution in [0.3, 0.4) is 0 Å². The maximum Gasteiger partial charge on any atom is 0.152 e. The molecule has 5 nitrogen and oxygen atoms in total. The van der Waals surface area contributed by atoms with Gasteiger partial charge in [-0.15, -0.1) is 0 Å². The zero-order valence-electron chi connectivity index (χ0n) is 12.3. The molecule has 0 unspecified atom stereocenters. The Morgan fingerprint density at radius 1 is 1.35 bits per heavy atom. The summed E-state index contributed by atoms with van der Waals surface area (Å²) in [5.41, 5.74) is 9.94. The molecule has 0 aliphatic rings. The zero-order chi connectivity index (χ0) is 14.5. The molecular formula is C15H22N4O. The van der Waals surface area contributed by atoms with E-state index >= 15 is 0 Å². The Bertz CT molecular complexity index is 577. The average Bonchev–Trinajstić information content (AvgIpc) is 2.69. The summed E-state index contributed by atoms with van der Waals surface area (Å²) in [5.74, 6) is 0.831. The molecule has 3 N–H and O–H groups in total. The topological polar surface area (TPSA) is 65.1 Å². The summed E-state index contributed by atoms with van der Waals surface area (Å²) in [7, 11) is 3.59. The fourth-order valence-electron chi connectivity index (χ4n) is 2.22. The van der Waals surface area contributed by atoms with Crippen LogP contribution < -0.4 is 11.1 Å². The van der Waals surface area contributed by atoms with Gasteiger partial charge in [0, 0.05) is 25.4 Å². The second-order valence-corrected chi connectivity index (χ2v) is 4.80. The average molecular weight is 274 g/mol. The lowest BCUT2D eigenvalue weighted by Gasteiger charge is -2.12. The van der Waals surface area contributed by atoms with E-state index in [0.29, 0.717) is 6.61 Å². The lowest BCUT2D eigenvalue weighted by Crippen LogP contribution is -2.04. The molecule has 0 aliphatic carbocycles. The van der Waals surface area contributed by atoms with Gasteiger partial charge in [0.25, 0.3) is 0 Å². The van der Waals surface area contributed by atoms with E-state index in [1.165, 1.54) is 0 Å². The summed E-state index contributed by atoms with van der Waals surface area (Å²) in [5, 5.41) is 7.84. The number of nitrogens with one attached hydrogen (secondary N) is 1. The van der Waals surface area contributed by atoms with Crippen molar-refractivity contribution >= 4 is 17.2 Å². The van der Waals surface area contributed by atoms with Crippen LogP contribution in [0.25, 0.3) is 0 Å². The number of aromatic nitrogens is 2. The number of hydrogen-bond donors (Lipinski definition) is 2. The summed E-state index contributed by atoms with van der Waals surface area (Å²) < 4.78 is 7.01. The van der Waals surface area contributed by atoms with E-state index in [4.69, 9.17) is 10.5 Å². The summed E-state index contributed by atoms with van der Waals surface area (Å²) in [6, 6.07) is 8.03. The quantitative estimate of drug-likeness (QED) is 0.850. The minimum Gasteiger partial charge on any atom is -0.394 e. The Kier molecular flexibility index (Phi) is 4.63. The lowest BCUT2D eigenvalue weighted by molar-refractivity contribution is 0.185. The number of para-hydroxylation sites is 1. The van der Waals surface area contributed by atoms with Crippen LogP contribution in [0.2, 0.25) is 0 Å². The van der Waals surface area contributed by atoms with Crippen molar-refractivity contribution in [3.8, 4) is 0 Å². The molecule has 0 saturated heterocycles. The van der Waals surface area contributed by atoms with E-state index in [1.54, 1.807) is 11.8 Å². The summed E-state index contributed by atoms with van der Waals surface area (Å²) in [6.07, 6.45) is 1.92. The first kappa shape index (κ1) is 14.4. The Morgan fingerprint density at radius 3 is 2.80 bits per heavy atom. The molecule has 108 valence electrons. The fraction of sp³-hybridized carbons (Fsp3) is 0.400. The van der Waals surface area contributed by atoms with Crippen LogP contribution in [0.5, 0.6) is 0 Å². The number of ether oxygens (including phenoxy) is 1. The second kappa shape index (κ2) is 6.43. The zero-order valence-corrected chi connectivity index (χ0v) is 12.3. The number of nitrogens with zero attached hydrogens (tertiary/aromatic N) is 2. The van der Waals surface area contributed by atoms with Gasteiger partial charge in [-0.25, -0.2) is 0 Å². The molecule has 2 aromatic rings. The van der Waals surface area contributed by atoms with Gasteiger partial charge in [-0.3, -0.25) is 4.68 Å². The van der Waals surface area contributed by atoms with Gasteiger partial charge < -0.3 is 15.8 Å². The molecule has 2 rings (SSSR count). The maximum atomic E-state index is 6.19. The molecular weight excluding hydrogens is 252 g/mol. The van der Waals surface area contributed by atoms with E-state index in [9.17, 15) is 0 Å². The largest absolute Gasteiger partial charge is 0.394 e. The molecule has 0 spiro atoms. The third-order valence-electron chi connectivity index (χ3n) is 3.22. The van der Waals surface area contributed by atoms with Crippen LogP contribution in [0, 0.1) is 0 Å². The Labute approximate surface area is 119 Å². The standard InChI is InChI=1S/C15H22N4O/c1-4-7-13-14(16)15(19(2)18-13)17-12-9-6-5-8-11(12)10-20-3/h5-6,8-9,17H,4,7,10,16H2,1-3H3. The number of hydrogen-bond acceptors (Lipinski definition) is 4. The Balaban J connectivity index is 2.30. The van der Waals surface area contributed by atoms with Crippen molar-refractivity contribution in [3.63, 3.8) is 0 Å². The highest BCUT2D eigenvalue weighted by molar-refractivity contribution is 5.72. The van der Waals surface area contributed by atoms with Crippen LogP contribution in [-0.2, 0) is 24.8 Å². The molecule has 5 heteroatoms. The van der Waals surface area contributed by atoms with Gasteiger partial charge in [0.2, 0.25) is 0 Å². The molecule has 0 fully saturated rings. The van der Waals surface area contributed by atoms with Crippen LogP contribution in [-0.4, -0.2) is 16.9 Å². The van der Waals surface area contributed by atoms with E-state index in [2.05, 4.69) is 17.3 Å². The van der Waals surface area contributed by atoms with Crippen molar-refractivity contribution < 1.29 is 4.74 Å². The number of nitrogens with two attached hydrogens (primary N) is 1. The van der Waals surface area contributed by atoms with Gasteiger partial charge in [-0.2, -0.15) is 5.10 Å². The highest BCUT2D eigenvalue weighted by atomic mass is 16.5. The number of nitrogen functional groups attached to an aromatic ring is 1. The molecule has 0 saturated carbocycles. The molecule has 0 bridgehead atoms. The van der Waals surface area contributed by atoms with Gasteiger partial charge in [0.05, 0.1) is 18.0 Å². The number of benzene rings is 1. The van der Waals surface area contributed by atoms with Crippen molar-refractivity contribution in [1.29, 1.82) is 0 Å². The van der Waals surface area contributed by atoms with Gasteiger partial charge in [-0.05, 0) is 12.5 Å². The van der Waals surface area contributed by atoms with E-state index in [1.807, 2.05) is 31.3 Å². The van der Waals surface area contributed by atoms with E-state index < -0.39 is 0 Å². The summed E-state index contributed by atoms with van der Waals surface area (Å²) in [4.78, 5) is 0. The molecule has 1 heterocycles. The number of anilines is 3. The maximum absolute atomic E-state index is 6.19. The van der Waals surface area contributed by atoms with Crippen LogP contribution in [0.1, 0.15) is 24.6 Å². The molecule has 1 aromatic carbocycles. The summed E-state index contributed by atoms with van der Waals surface area (Å²) in [6.45, 7) is 2.68. The third-order valence-corrected chi connectivity index (χ3v) is 3.22. The SMILES string of the molecule is CCCc1nn(C)c(Nc2ccccc2COC)c1N. The highest BCUT2D eigenvalue weighted by Gasteiger charge is 2.13. The summed E-state index contributed by atoms with van der Waals surface area (Å²) >= 11 is 0. The predicted octanol–water partition coefficient (Wildman–Crippen LogP) is 2.84. The van der Waals surface area contributed by atoms with Crippen LogP contribution in [0.4, 0.5) is 17.2 Å². The molecule has 0 amide bonds. The molecule has 1 aromatic heterocycles. The first-order valence-corrected chi connectivity index (χ1v) is 6.82. The molecule has 20 heavy (non-hydrogen) atoms. The molecule has 0 aliphatic heterocycles. The van der Waals surface area contributed by atoms with E-state index in [0.717, 1.165) is 41.3 Å². The smallest absolute Gasteiger partial charge is 0.152 e. The van der Waals surface area contributed by atoms with Gasteiger partial charge in [0.15, 0.2) is 5.82 Å². The van der Waals surface area contributed by atoms with E-state index in [-0.39, 0.29) is 0 Å². The Morgan fingerprint density at radius 2 is 2.10 bits per heavy atom.